The van der Waals surface area contributed by atoms with Crippen LogP contribution in [0.3, 0.4) is 0 Å². The summed E-state index contributed by atoms with van der Waals surface area (Å²) in [6.07, 6.45) is 3.04. The van der Waals surface area contributed by atoms with E-state index in [1.54, 1.807) is 0 Å². The summed E-state index contributed by atoms with van der Waals surface area (Å²) in [6.45, 7) is 6.42. The summed E-state index contributed by atoms with van der Waals surface area (Å²) in [5.41, 5.74) is 9.51. The SMILES string of the molecule is Cc1ccc2c(c1)Cc1c(C)ncc(C)c1-2. The molecule has 0 aliphatic heterocycles. The van der Waals surface area contributed by atoms with Gasteiger partial charge in [-0.25, -0.2) is 0 Å². The van der Waals surface area contributed by atoms with Crippen LogP contribution >= 0.6 is 0 Å². The predicted molar refractivity (Wildman–Crippen MR) is 66.7 cm³/mol. The fourth-order valence-electron chi connectivity index (χ4n) is 2.65. The van der Waals surface area contributed by atoms with Gasteiger partial charge in [0.15, 0.2) is 0 Å². The molecule has 1 aromatic heterocycles. The summed E-state index contributed by atoms with van der Waals surface area (Å²) in [6, 6.07) is 6.75. The number of benzene rings is 1. The molecule has 1 aliphatic rings. The van der Waals surface area contributed by atoms with E-state index in [1.807, 2.05) is 6.20 Å². The molecule has 1 aromatic carbocycles. The second-order valence-electron chi connectivity index (χ2n) is 4.72. The molecule has 0 unspecified atom stereocenters. The highest BCUT2D eigenvalue weighted by atomic mass is 14.7. The molecule has 0 N–H and O–H groups in total. The third-order valence-corrected chi connectivity index (χ3v) is 3.48. The van der Waals surface area contributed by atoms with Crippen molar-refractivity contribution in [3.8, 4) is 11.1 Å². The summed E-state index contributed by atoms with van der Waals surface area (Å²) >= 11 is 0. The van der Waals surface area contributed by atoms with Gasteiger partial charge in [-0.05, 0) is 48.6 Å². The normalized spacial score (nSPS) is 12.4. The first kappa shape index (κ1) is 9.59. The van der Waals surface area contributed by atoms with Crippen molar-refractivity contribution in [2.24, 2.45) is 0 Å². The average molecular weight is 209 g/mol. The van der Waals surface area contributed by atoms with Gasteiger partial charge >= 0.3 is 0 Å². The summed E-state index contributed by atoms with van der Waals surface area (Å²) in [5, 5.41) is 0. The van der Waals surface area contributed by atoms with E-state index in [0.29, 0.717) is 0 Å². The van der Waals surface area contributed by atoms with Crippen LogP contribution in [0.25, 0.3) is 11.1 Å². The monoisotopic (exact) mass is 209 g/mol. The molecule has 0 radical (unpaired) electrons. The molecule has 0 saturated heterocycles. The van der Waals surface area contributed by atoms with Gasteiger partial charge in [0.2, 0.25) is 0 Å². The molecule has 0 fully saturated rings. The standard InChI is InChI=1S/C15H15N/c1-9-4-5-13-12(6-9)7-14-11(3)16-8-10(2)15(13)14/h4-6,8H,7H2,1-3H3. The van der Waals surface area contributed by atoms with Gasteiger partial charge in [-0.2, -0.15) is 0 Å². The molecule has 0 atom stereocenters. The summed E-state index contributed by atoms with van der Waals surface area (Å²) in [4.78, 5) is 4.46. The van der Waals surface area contributed by atoms with E-state index in [1.165, 1.54) is 39.1 Å². The molecule has 0 spiro atoms. The first-order chi connectivity index (χ1) is 7.66. The molecule has 1 heteroatoms. The third kappa shape index (κ3) is 1.21. The Labute approximate surface area is 96.2 Å². The van der Waals surface area contributed by atoms with Gasteiger partial charge in [0.1, 0.15) is 0 Å². The number of pyridine rings is 1. The Bertz CT molecular complexity index is 582. The molecule has 80 valence electrons. The largest absolute Gasteiger partial charge is 0.261 e. The number of rotatable bonds is 0. The van der Waals surface area contributed by atoms with Crippen molar-refractivity contribution in [1.82, 2.24) is 4.98 Å². The van der Waals surface area contributed by atoms with Gasteiger partial charge in [-0.1, -0.05) is 23.8 Å². The topological polar surface area (TPSA) is 12.9 Å². The Morgan fingerprint density at radius 2 is 1.94 bits per heavy atom. The van der Waals surface area contributed by atoms with Gasteiger partial charge in [-0.15, -0.1) is 0 Å². The summed E-state index contributed by atoms with van der Waals surface area (Å²) in [5.74, 6) is 0. The van der Waals surface area contributed by atoms with Gasteiger partial charge < -0.3 is 0 Å². The van der Waals surface area contributed by atoms with Crippen molar-refractivity contribution >= 4 is 0 Å². The van der Waals surface area contributed by atoms with Crippen LogP contribution in [0.2, 0.25) is 0 Å². The average Bonchev–Trinajstić information content (AvgIpc) is 2.63. The molecule has 1 aliphatic carbocycles. The smallest absolute Gasteiger partial charge is 0.0414 e. The molecular formula is C15H15N. The Morgan fingerprint density at radius 1 is 1.12 bits per heavy atom. The van der Waals surface area contributed by atoms with E-state index in [2.05, 4.69) is 44.0 Å². The number of aromatic nitrogens is 1. The van der Waals surface area contributed by atoms with E-state index >= 15 is 0 Å². The molecule has 1 nitrogen and oxygen atoms in total. The number of fused-ring (bicyclic) bond motifs is 3. The van der Waals surface area contributed by atoms with Crippen LogP contribution in [-0.2, 0) is 6.42 Å². The lowest BCUT2D eigenvalue weighted by atomic mass is 10.0. The van der Waals surface area contributed by atoms with Crippen LogP contribution in [0.5, 0.6) is 0 Å². The molecule has 0 bridgehead atoms. The first-order valence-corrected chi connectivity index (χ1v) is 5.72. The highest BCUT2D eigenvalue weighted by molar-refractivity contribution is 5.79. The Balaban J connectivity index is 2.33. The van der Waals surface area contributed by atoms with Crippen molar-refractivity contribution in [3.05, 3.63) is 52.3 Å². The van der Waals surface area contributed by atoms with Crippen LogP contribution in [0, 0.1) is 20.8 Å². The third-order valence-electron chi connectivity index (χ3n) is 3.48. The minimum atomic E-state index is 1.05. The molecular weight excluding hydrogens is 194 g/mol. The highest BCUT2D eigenvalue weighted by Crippen LogP contribution is 2.39. The summed E-state index contributed by atoms with van der Waals surface area (Å²) in [7, 11) is 0. The van der Waals surface area contributed by atoms with E-state index < -0.39 is 0 Å². The molecule has 3 rings (SSSR count). The number of hydrogen-bond donors (Lipinski definition) is 0. The maximum Gasteiger partial charge on any atom is 0.0414 e. The molecule has 2 aromatic rings. The molecule has 1 heterocycles. The van der Waals surface area contributed by atoms with Crippen LogP contribution in [0.4, 0.5) is 0 Å². The van der Waals surface area contributed by atoms with Crippen molar-refractivity contribution in [1.29, 1.82) is 0 Å². The quantitative estimate of drug-likeness (QED) is 0.551. The number of nitrogens with zero attached hydrogens (tertiary/aromatic N) is 1. The van der Waals surface area contributed by atoms with Gasteiger partial charge in [0.05, 0.1) is 0 Å². The van der Waals surface area contributed by atoms with E-state index in [4.69, 9.17) is 0 Å². The molecule has 0 amide bonds. The zero-order chi connectivity index (χ0) is 11.3. The van der Waals surface area contributed by atoms with E-state index in [9.17, 15) is 0 Å². The number of hydrogen-bond acceptors (Lipinski definition) is 1. The van der Waals surface area contributed by atoms with Gasteiger partial charge in [-0.3, -0.25) is 4.98 Å². The van der Waals surface area contributed by atoms with E-state index in [0.717, 1.165) is 6.42 Å². The maximum absolute atomic E-state index is 4.46. The predicted octanol–water partition coefficient (Wildman–Crippen LogP) is 3.58. The van der Waals surface area contributed by atoms with Gasteiger partial charge in [0.25, 0.3) is 0 Å². The summed E-state index contributed by atoms with van der Waals surface area (Å²) < 4.78 is 0. The minimum Gasteiger partial charge on any atom is -0.261 e. The van der Waals surface area contributed by atoms with Crippen LogP contribution < -0.4 is 0 Å². The van der Waals surface area contributed by atoms with Crippen molar-refractivity contribution in [3.63, 3.8) is 0 Å². The van der Waals surface area contributed by atoms with Crippen LogP contribution in [-0.4, -0.2) is 4.98 Å². The van der Waals surface area contributed by atoms with E-state index in [-0.39, 0.29) is 0 Å². The van der Waals surface area contributed by atoms with Gasteiger partial charge in [0, 0.05) is 18.3 Å². The lowest BCUT2D eigenvalue weighted by Crippen LogP contribution is -1.92. The zero-order valence-corrected chi connectivity index (χ0v) is 9.96. The lowest BCUT2D eigenvalue weighted by molar-refractivity contribution is 1.10. The molecule has 16 heavy (non-hydrogen) atoms. The lowest BCUT2D eigenvalue weighted by Gasteiger charge is -2.07. The Morgan fingerprint density at radius 3 is 2.75 bits per heavy atom. The van der Waals surface area contributed by atoms with Crippen LogP contribution in [0.1, 0.15) is 27.9 Å². The maximum atomic E-state index is 4.46. The first-order valence-electron chi connectivity index (χ1n) is 5.72. The van der Waals surface area contributed by atoms with Crippen LogP contribution in [0.15, 0.2) is 24.4 Å². The Hall–Kier alpha value is -1.63. The minimum absolute atomic E-state index is 1.05. The zero-order valence-electron chi connectivity index (χ0n) is 9.96. The highest BCUT2D eigenvalue weighted by Gasteiger charge is 2.22. The second-order valence-corrected chi connectivity index (χ2v) is 4.72. The fourth-order valence-corrected chi connectivity index (χ4v) is 2.65. The van der Waals surface area contributed by atoms with Crippen molar-refractivity contribution in [2.45, 2.75) is 27.2 Å². The second kappa shape index (κ2) is 3.18. The fraction of sp³-hybridized carbons (Fsp3) is 0.267. The van der Waals surface area contributed by atoms with Crippen molar-refractivity contribution < 1.29 is 0 Å². The van der Waals surface area contributed by atoms with Crippen molar-refractivity contribution in [2.75, 3.05) is 0 Å². The Kier molecular flexibility index (Phi) is 1.90. The molecule has 0 saturated carbocycles. The number of aryl methyl sites for hydroxylation is 3.